The fourth-order valence-corrected chi connectivity index (χ4v) is 3.65. The van der Waals surface area contributed by atoms with Crippen LogP contribution in [0, 0.1) is 11.8 Å². The Kier molecular flexibility index (Phi) is 4.49. The summed E-state index contributed by atoms with van der Waals surface area (Å²) >= 11 is 3.68. The summed E-state index contributed by atoms with van der Waals surface area (Å²) in [6.45, 7) is 7.78. The molecule has 0 amide bonds. The summed E-state index contributed by atoms with van der Waals surface area (Å²) in [6, 6.07) is 0.659. The molecule has 0 aromatic carbocycles. The molecule has 1 fully saturated rings. The molecule has 3 atom stereocenters. The number of aromatic nitrogens is 2. The molecule has 1 heterocycles. The molecule has 2 rings (SSSR count). The van der Waals surface area contributed by atoms with Gasteiger partial charge in [-0.3, -0.25) is 4.68 Å². The van der Waals surface area contributed by atoms with Crippen molar-refractivity contribution in [1.82, 2.24) is 15.1 Å². The first-order chi connectivity index (χ1) is 8.54. The molecule has 0 saturated heterocycles. The third-order valence-electron chi connectivity index (χ3n) is 4.50. The van der Waals surface area contributed by atoms with E-state index in [4.69, 9.17) is 0 Å². The zero-order chi connectivity index (χ0) is 13.3. The Bertz CT molecular complexity index is 413. The van der Waals surface area contributed by atoms with Crippen molar-refractivity contribution in [2.45, 2.75) is 52.6 Å². The zero-order valence-electron chi connectivity index (χ0n) is 11.8. The summed E-state index contributed by atoms with van der Waals surface area (Å²) in [6.07, 6.45) is 3.63. The molecule has 4 heteroatoms. The van der Waals surface area contributed by atoms with Crippen LogP contribution in [0.25, 0.3) is 0 Å². The number of nitrogens with one attached hydrogen (secondary N) is 1. The Morgan fingerprint density at radius 1 is 1.39 bits per heavy atom. The molecule has 1 aliphatic rings. The number of hydrogen-bond donors (Lipinski definition) is 1. The van der Waals surface area contributed by atoms with Crippen LogP contribution in [0.5, 0.6) is 0 Å². The third-order valence-corrected chi connectivity index (χ3v) is 5.42. The number of nitrogens with zero attached hydrogens (tertiary/aromatic N) is 2. The van der Waals surface area contributed by atoms with Crippen molar-refractivity contribution < 1.29 is 0 Å². The Balaban J connectivity index is 2.00. The number of hydrogen-bond acceptors (Lipinski definition) is 2. The van der Waals surface area contributed by atoms with Crippen LogP contribution in [0.3, 0.4) is 0 Å². The van der Waals surface area contributed by atoms with Gasteiger partial charge in [0.1, 0.15) is 0 Å². The van der Waals surface area contributed by atoms with Crippen molar-refractivity contribution in [2.75, 3.05) is 0 Å². The van der Waals surface area contributed by atoms with E-state index in [1.54, 1.807) is 0 Å². The Labute approximate surface area is 118 Å². The minimum atomic E-state index is 0.659. The summed E-state index contributed by atoms with van der Waals surface area (Å²) < 4.78 is 3.18. The van der Waals surface area contributed by atoms with Crippen LogP contribution in [0.4, 0.5) is 0 Å². The largest absolute Gasteiger partial charge is 0.308 e. The summed E-state index contributed by atoms with van der Waals surface area (Å²) in [5, 5.41) is 8.24. The zero-order valence-corrected chi connectivity index (χ0v) is 13.4. The van der Waals surface area contributed by atoms with Gasteiger partial charge in [0.2, 0.25) is 0 Å². The number of rotatable bonds is 4. The predicted molar refractivity (Wildman–Crippen MR) is 78.5 cm³/mol. The van der Waals surface area contributed by atoms with Crippen LogP contribution in [-0.4, -0.2) is 15.8 Å². The van der Waals surface area contributed by atoms with Crippen LogP contribution in [0.15, 0.2) is 4.47 Å². The molecule has 3 nitrogen and oxygen atoms in total. The van der Waals surface area contributed by atoms with Gasteiger partial charge in [-0.05, 0) is 47.0 Å². The van der Waals surface area contributed by atoms with Crippen molar-refractivity contribution in [2.24, 2.45) is 18.9 Å². The lowest BCUT2D eigenvalue weighted by Gasteiger charge is -2.19. The Hall–Kier alpha value is -0.350. The minimum Gasteiger partial charge on any atom is -0.308 e. The molecule has 18 heavy (non-hydrogen) atoms. The maximum absolute atomic E-state index is 4.54. The highest BCUT2D eigenvalue weighted by Crippen LogP contribution is 2.31. The van der Waals surface area contributed by atoms with Gasteiger partial charge in [0.05, 0.1) is 15.9 Å². The van der Waals surface area contributed by atoms with Gasteiger partial charge in [0, 0.05) is 19.6 Å². The van der Waals surface area contributed by atoms with Gasteiger partial charge in [0.15, 0.2) is 0 Å². The monoisotopic (exact) mass is 313 g/mol. The number of aryl methyl sites for hydroxylation is 2. The fraction of sp³-hybridized carbons (Fsp3) is 0.786. The van der Waals surface area contributed by atoms with Gasteiger partial charge < -0.3 is 5.32 Å². The van der Waals surface area contributed by atoms with Gasteiger partial charge in [0.25, 0.3) is 0 Å². The van der Waals surface area contributed by atoms with E-state index in [1.165, 1.54) is 23.0 Å². The molecule has 102 valence electrons. The lowest BCUT2D eigenvalue weighted by Crippen LogP contribution is -2.32. The van der Waals surface area contributed by atoms with Gasteiger partial charge in [-0.25, -0.2) is 0 Å². The lowest BCUT2D eigenvalue weighted by atomic mass is 9.98. The van der Waals surface area contributed by atoms with Gasteiger partial charge in [-0.2, -0.15) is 5.10 Å². The van der Waals surface area contributed by atoms with Gasteiger partial charge in [-0.15, -0.1) is 0 Å². The summed E-state index contributed by atoms with van der Waals surface area (Å²) in [4.78, 5) is 0. The van der Waals surface area contributed by atoms with E-state index in [1.807, 2.05) is 11.7 Å². The standard InChI is InChI=1S/C14H24BrN3/c1-5-11-14(15)13(18(4)17-11)8-16-12-7-6-9(2)10(12)3/h9-10,12,16H,5-8H2,1-4H3. The van der Waals surface area contributed by atoms with E-state index in [9.17, 15) is 0 Å². The van der Waals surface area contributed by atoms with E-state index in [0.717, 1.165) is 30.5 Å². The Morgan fingerprint density at radius 3 is 2.61 bits per heavy atom. The lowest BCUT2D eigenvalue weighted by molar-refractivity contribution is 0.366. The smallest absolute Gasteiger partial charge is 0.0767 e. The maximum atomic E-state index is 4.54. The predicted octanol–water partition coefficient (Wildman–Crippen LogP) is 3.27. The molecule has 0 bridgehead atoms. The normalized spacial score (nSPS) is 27.9. The summed E-state index contributed by atoms with van der Waals surface area (Å²) in [5.41, 5.74) is 2.42. The molecule has 1 aromatic heterocycles. The minimum absolute atomic E-state index is 0.659. The highest BCUT2D eigenvalue weighted by molar-refractivity contribution is 9.10. The topological polar surface area (TPSA) is 29.9 Å². The molecule has 3 unspecified atom stereocenters. The molecule has 0 aliphatic heterocycles. The molecular weight excluding hydrogens is 290 g/mol. The van der Waals surface area contributed by atoms with E-state index in [2.05, 4.69) is 47.1 Å². The van der Waals surface area contributed by atoms with E-state index in [-0.39, 0.29) is 0 Å². The van der Waals surface area contributed by atoms with Crippen LogP contribution in [0.2, 0.25) is 0 Å². The highest BCUT2D eigenvalue weighted by Gasteiger charge is 2.29. The quantitative estimate of drug-likeness (QED) is 0.924. The molecular formula is C14H24BrN3. The fourth-order valence-electron chi connectivity index (χ4n) is 2.89. The molecule has 1 aromatic rings. The molecule has 0 spiro atoms. The SMILES string of the molecule is CCc1nn(C)c(CNC2CCC(C)C2C)c1Br. The first-order valence-corrected chi connectivity index (χ1v) is 7.77. The van der Waals surface area contributed by atoms with Crippen molar-refractivity contribution in [3.63, 3.8) is 0 Å². The van der Waals surface area contributed by atoms with Gasteiger partial charge in [-0.1, -0.05) is 20.8 Å². The van der Waals surface area contributed by atoms with Crippen LogP contribution in [0.1, 0.15) is 45.0 Å². The van der Waals surface area contributed by atoms with E-state index in [0.29, 0.717) is 6.04 Å². The van der Waals surface area contributed by atoms with Crippen molar-refractivity contribution in [3.8, 4) is 0 Å². The average molecular weight is 314 g/mol. The van der Waals surface area contributed by atoms with Crippen molar-refractivity contribution >= 4 is 15.9 Å². The summed E-state index contributed by atoms with van der Waals surface area (Å²) in [5.74, 6) is 1.63. The Morgan fingerprint density at radius 2 is 2.11 bits per heavy atom. The second kappa shape index (κ2) is 5.74. The third kappa shape index (κ3) is 2.64. The van der Waals surface area contributed by atoms with Crippen LogP contribution >= 0.6 is 15.9 Å². The first-order valence-electron chi connectivity index (χ1n) is 6.98. The molecule has 1 saturated carbocycles. The van der Waals surface area contributed by atoms with E-state index >= 15 is 0 Å². The summed E-state index contributed by atoms with van der Waals surface area (Å²) in [7, 11) is 2.03. The second-order valence-electron chi connectivity index (χ2n) is 5.59. The van der Waals surface area contributed by atoms with Crippen molar-refractivity contribution in [3.05, 3.63) is 15.9 Å². The molecule has 1 aliphatic carbocycles. The average Bonchev–Trinajstić information content (AvgIpc) is 2.80. The highest BCUT2D eigenvalue weighted by atomic mass is 79.9. The maximum Gasteiger partial charge on any atom is 0.0767 e. The van der Waals surface area contributed by atoms with Crippen LogP contribution in [-0.2, 0) is 20.0 Å². The van der Waals surface area contributed by atoms with Crippen molar-refractivity contribution in [1.29, 1.82) is 0 Å². The number of halogens is 1. The van der Waals surface area contributed by atoms with E-state index < -0.39 is 0 Å². The first kappa shape index (κ1) is 14.1. The van der Waals surface area contributed by atoms with Crippen LogP contribution < -0.4 is 5.32 Å². The molecule has 0 radical (unpaired) electrons. The molecule has 1 N–H and O–H groups in total. The second-order valence-corrected chi connectivity index (χ2v) is 6.38. The van der Waals surface area contributed by atoms with Gasteiger partial charge >= 0.3 is 0 Å².